The van der Waals surface area contributed by atoms with Crippen molar-refractivity contribution in [3.05, 3.63) is 60.2 Å². The van der Waals surface area contributed by atoms with E-state index in [4.69, 9.17) is 18.7 Å². The van der Waals surface area contributed by atoms with Crippen molar-refractivity contribution in [2.24, 2.45) is 0 Å². The fraction of sp³-hybridized carbons (Fsp3) is 0.130. The van der Waals surface area contributed by atoms with Crippen LogP contribution in [0, 0.1) is 11.3 Å². The van der Waals surface area contributed by atoms with E-state index in [1.165, 1.54) is 33.5 Å². The number of rotatable bonds is 7. The Hall–Kier alpha value is -4.23. The molecule has 0 aliphatic carbocycles. The number of ether oxygens (including phenoxy) is 3. The predicted molar refractivity (Wildman–Crippen MR) is 121 cm³/mol. The van der Waals surface area contributed by atoms with Crippen molar-refractivity contribution in [2.75, 3.05) is 26.1 Å². The van der Waals surface area contributed by atoms with Crippen LogP contribution in [0.15, 0.2) is 64.0 Å². The van der Waals surface area contributed by atoms with Gasteiger partial charge in [-0.1, -0.05) is 23.4 Å². The number of nitriles is 1. The van der Waals surface area contributed by atoms with Crippen molar-refractivity contribution in [1.82, 2.24) is 5.16 Å². The third-order valence-electron chi connectivity index (χ3n) is 4.97. The molecule has 4 aromatic rings. The van der Waals surface area contributed by atoms with Gasteiger partial charge in [0.05, 0.1) is 33.0 Å². The molecule has 0 bridgehead atoms. The summed E-state index contributed by atoms with van der Waals surface area (Å²) < 4.78 is 50.3. The molecule has 3 aromatic carbocycles. The Kier molecular flexibility index (Phi) is 5.81. The molecule has 0 saturated heterocycles. The van der Waals surface area contributed by atoms with E-state index in [0.717, 1.165) is 5.56 Å². The topological polar surface area (TPSA) is 124 Å². The number of benzene rings is 3. The number of methoxy groups -OCH3 is 3. The average molecular weight is 465 g/mol. The van der Waals surface area contributed by atoms with Crippen LogP contribution in [-0.4, -0.2) is 34.9 Å². The first kappa shape index (κ1) is 22.0. The lowest BCUT2D eigenvalue weighted by atomic mass is 10.0. The Bertz CT molecular complexity index is 1470. The molecule has 9 nitrogen and oxygen atoms in total. The van der Waals surface area contributed by atoms with Gasteiger partial charge in [0, 0.05) is 0 Å². The summed E-state index contributed by atoms with van der Waals surface area (Å²) in [5.41, 5.74) is 2.29. The monoisotopic (exact) mass is 465 g/mol. The number of fused-ring (bicyclic) bond motifs is 1. The summed E-state index contributed by atoms with van der Waals surface area (Å²) in [6, 6.07) is 17.2. The van der Waals surface area contributed by atoms with Gasteiger partial charge < -0.3 is 18.7 Å². The van der Waals surface area contributed by atoms with Gasteiger partial charge in [-0.25, -0.2) is 8.42 Å². The summed E-state index contributed by atoms with van der Waals surface area (Å²) in [4.78, 5) is -0.171. The number of aromatic nitrogens is 1. The Labute approximate surface area is 190 Å². The van der Waals surface area contributed by atoms with Crippen LogP contribution >= 0.6 is 0 Å². The van der Waals surface area contributed by atoms with Crippen molar-refractivity contribution in [3.8, 4) is 34.4 Å². The fourth-order valence-electron chi connectivity index (χ4n) is 3.46. The summed E-state index contributed by atoms with van der Waals surface area (Å²) in [5.74, 6) is 0.519. The summed E-state index contributed by atoms with van der Waals surface area (Å²) >= 11 is 0. The summed E-state index contributed by atoms with van der Waals surface area (Å²) in [6.07, 6.45) is 0. The molecule has 0 atom stereocenters. The average Bonchev–Trinajstić information content (AvgIpc) is 3.24. The van der Waals surface area contributed by atoms with Crippen LogP contribution in [-0.2, 0) is 10.0 Å². The number of nitrogens with zero attached hydrogens (tertiary/aromatic N) is 2. The highest BCUT2D eigenvalue weighted by atomic mass is 32.2. The normalized spacial score (nSPS) is 11.1. The van der Waals surface area contributed by atoms with E-state index in [1.54, 1.807) is 36.4 Å². The smallest absolute Gasteiger partial charge is 0.270 e. The van der Waals surface area contributed by atoms with Crippen LogP contribution in [0.25, 0.3) is 22.1 Å². The first-order valence-electron chi connectivity index (χ1n) is 9.63. The van der Waals surface area contributed by atoms with E-state index in [-0.39, 0.29) is 22.2 Å². The van der Waals surface area contributed by atoms with Crippen LogP contribution in [0.1, 0.15) is 5.56 Å². The molecule has 10 heteroatoms. The number of nitrogens with one attached hydrogen (secondary N) is 1. The standard InChI is InChI=1S/C23H19N3O6S/c1-29-17-8-5-9-18(30-2)22(17)33(27,28)26-23-21-19(31-3)11-16(12-20(21)32-25-23)15-7-4-6-14(10-15)13-24/h4-12H,1-3H3,(H,25,26). The molecule has 1 N–H and O–H groups in total. The number of hydrogen-bond acceptors (Lipinski definition) is 8. The number of anilines is 1. The third-order valence-corrected chi connectivity index (χ3v) is 6.37. The molecule has 33 heavy (non-hydrogen) atoms. The third kappa shape index (κ3) is 4.02. The van der Waals surface area contributed by atoms with Gasteiger partial charge >= 0.3 is 0 Å². The maximum atomic E-state index is 13.2. The quantitative estimate of drug-likeness (QED) is 0.431. The van der Waals surface area contributed by atoms with Crippen molar-refractivity contribution in [1.29, 1.82) is 5.26 Å². The van der Waals surface area contributed by atoms with Crippen molar-refractivity contribution < 1.29 is 27.2 Å². The van der Waals surface area contributed by atoms with E-state index in [1.807, 2.05) is 6.07 Å². The molecular weight excluding hydrogens is 446 g/mol. The van der Waals surface area contributed by atoms with E-state index in [9.17, 15) is 13.7 Å². The van der Waals surface area contributed by atoms with E-state index in [0.29, 0.717) is 27.8 Å². The molecule has 0 aliphatic rings. The van der Waals surface area contributed by atoms with Gasteiger partial charge in [-0.15, -0.1) is 0 Å². The number of hydrogen-bond donors (Lipinski definition) is 1. The lowest BCUT2D eigenvalue weighted by Gasteiger charge is -2.14. The minimum Gasteiger partial charge on any atom is -0.496 e. The molecule has 0 amide bonds. The summed E-state index contributed by atoms with van der Waals surface area (Å²) in [5, 5.41) is 13.4. The SMILES string of the molecule is COc1cccc(OC)c1S(=O)(=O)Nc1noc2cc(-c3cccc(C#N)c3)cc(OC)c12. The molecule has 0 aliphatic heterocycles. The number of sulfonamides is 1. The van der Waals surface area contributed by atoms with E-state index in [2.05, 4.69) is 15.9 Å². The molecule has 0 radical (unpaired) electrons. The van der Waals surface area contributed by atoms with Crippen molar-refractivity contribution >= 4 is 26.8 Å². The van der Waals surface area contributed by atoms with Gasteiger partial charge in [0.25, 0.3) is 10.0 Å². The first-order chi connectivity index (χ1) is 15.9. The maximum Gasteiger partial charge on any atom is 0.270 e. The summed E-state index contributed by atoms with van der Waals surface area (Å²) in [6.45, 7) is 0. The molecule has 1 heterocycles. The zero-order valence-corrected chi connectivity index (χ0v) is 18.8. The lowest BCUT2D eigenvalue weighted by molar-refractivity contribution is 0.373. The van der Waals surface area contributed by atoms with E-state index < -0.39 is 10.0 Å². The molecule has 168 valence electrons. The lowest BCUT2D eigenvalue weighted by Crippen LogP contribution is -2.15. The van der Waals surface area contributed by atoms with Crippen LogP contribution in [0.4, 0.5) is 5.82 Å². The zero-order valence-electron chi connectivity index (χ0n) is 17.9. The molecule has 0 fully saturated rings. The van der Waals surface area contributed by atoms with Crippen molar-refractivity contribution in [3.63, 3.8) is 0 Å². The van der Waals surface area contributed by atoms with Gasteiger partial charge in [-0.2, -0.15) is 5.26 Å². The van der Waals surface area contributed by atoms with Crippen LogP contribution in [0.2, 0.25) is 0 Å². The highest BCUT2D eigenvalue weighted by Crippen LogP contribution is 2.39. The van der Waals surface area contributed by atoms with Gasteiger partial charge in [-0.05, 0) is 47.5 Å². The predicted octanol–water partition coefficient (Wildman–Crippen LogP) is 4.19. The van der Waals surface area contributed by atoms with Gasteiger partial charge in [0.15, 0.2) is 16.3 Å². The second-order valence-corrected chi connectivity index (χ2v) is 8.49. The highest BCUT2D eigenvalue weighted by Gasteiger charge is 2.28. The van der Waals surface area contributed by atoms with Crippen molar-refractivity contribution in [2.45, 2.75) is 4.90 Å². The van der Waals surface area contributed by atoms with Gasteiger partial charge in [0.1, 0.15) is 22.6 Å². The van der Waals surface area contributed by atoms with Gasteiger partial charge in [0.2, 0.25) is 0 Å². The molecule has 4 rings (SSSR count). The molecule has 0 unspecified atom stereocenters. The molecule has 0 spiro atoms. The molecule has 0 saturated carbocycles. The Morgan fingerprint density at radius 1 is 0.909 bits per heavy atom. The summed E-state index contributed by atoms with van der Waals surface area (Å²) in [7, 11) is 0.0190. The Morgan fingerprint density at radius 3 is 2.21 bits per heavy atom. The minimum atomic E-state index is -4.17. The molecular formula is C23H19N3O6S. The Balaban J connectivity index is 1.81. The zero-order chi connectivity index (χ0) is 23.6. The second kappa shape index (κ2) is 8.72. The minimum absolute atomic E-state index is 0.0489. The van der Waals surface area contributed by atoms with Crippen LogP contribution in [0.3, 0.4) is 0 Å². The molecule has 1 aromatic heterocycles. The van der Waals surface area contributed by atoms with Gasteiger partial charge in [-0.3, -0.25) is 4.72 Å². The highest BCUT2D eigenvalue weighted by molar-refractivity contribution is 7.93. The maximum absolute atomic E-state index is 13.2. The van der Waals surface area contributed by atoms with E-state index >= 15 is 0 Å². The van der Waals surface area contributed by atoms with Crippen LogP contribution in [0.5, 0.6) is 17.2 Å². The second-order valence-electron chi connectivity index (χ2n) is 6.87. The fourth-order valence-corrected chi connectivity index (χ4v) is 4.79. The first-order valence-corrected chi connectivity index (χ1v) is 11.1. The largest absolute Gasteiger partial charge is 0.496 e. The Morgan fingerprint density at radius 2 is 1.58 bits per heavy atom. The van der Waals surface area contributed by atoms with Crippen LogP contribution < -0.4 is 18.9 Å².